The zero-order chi connectivity index (χ0) is 10.8. The molecule has 0 amide bonds. The third-order valence-corrected chi connectivity index (χ3v) is 4.30. The highest BCUT2D eigenvalue weighted by Gasteiger charge is 2.24. The summed E-state index contributed by atoms with van der Waals surface area (Å²) >= 11 is 1.87. The Morgan fingerprint density at radius 3 is 3.06 bits per heavy atom. The van der Waals surface area contributed by atoms with Crippen LogP contribution in [0, 0.1) is 0 Å². The number of hydrogen-bond acceptors (Lipinski definition) is 4. The molecule has 0 radical (unpaired) electrons. The summed E-state index contributed by atoms with van der Waals surface area (Å²) in [6.45, 7) is 5.71. The van der Waals surface area contributed by atoms with Gasteiger partial charge in [0.2, 0.25) is 0 Å². The summed E-state index contributed by atoms with van der Waals surface area (Å²) in [5.74, 6) is 0. The van der Waals surface area contributed by atoms with Crippen LogP contribution in [-0.4, -0.2) is 44.4 Å². The normalized spacial score (nSPS) is 26.6. The number of thiophene rings is 1. The van der Waals surface area contributed by atoms with E-state index in [4.69, 9.17) is 9.47 Å². The van der Waals surface area contributed by atoms with E-state index >= 15 is 0 Å². The molecule has 1 saturated heterocycles. The van der Waals surface area contributed by atoms with Crippen LogP contribution >= 0.6 is 11.3 Å². The van der Waals surface area contributed by atoms with E-state index in [2.05, 4.69) is 16.3 Å². The van der Waals surface area contributed by atoms with Gasteiger partial charge in [-0.3, -0.25) is 4.90 Å². The van der Waals surface area contributed by atoms with Gasteiger partial charge in [0.15, 0.2) is 0 Å². The van der Waals surface area contributed by atoms with E-state index in [1.165, 1.54) is 10.4 Å². The second-order valence-electron chi connectivity index (χ2n) is 4.32. The highest BCUT2D eigenvalue weighted by Crippen LogP contribution is 2.31. The van der Waals surface area contributed by atoms with E-state index in [1.54, 1.807) is 0 Å². The van der Waals surface area contributed by atoms with E-state index in [0.717, 1.165) is 45.9 Å². The quantitative estimate of drug-likeness (QED) is 0.784. The molecule has 3 rings (SSSR count). The minimum absolute atomic E-state index is 0.285. The van der Waals surface area contributed by atoms with Gasteiger partial charge >= 0.3 is 0 Å². The van der Waals surface area contributed by atoms with Crippen molar-refractivity contribution in [3.05, 3.63) is 21.9 Å². The molecule has 4 heteroatoms. The highest BCUT2D eigenvalue weighted by atomic mass is 32.1. The molecule has 1 atom stereocenters. The topological polar surface area (TPSA) is 21.7 Å². The Labute approximate surface area is 100.0 Å². The van der Waals surface area contributed by atoms with Crippen molar-refractivity contribution >= 4 is 11.3 Å². The second kappa shape index (κ2) is 4.84. The summed E-state index contributed by atoms with van der Waals surface area (Å²) in [5.41, 5.74) is 1.42. The SMILES string of the molecule is c1cc2c(s1)CCO[C@H]2CN1CCOCC1. The fraction of sp³-hybridized carbons (Fsp3) is 0.667. The molecular weight excluding hydrogens is 222 g/mol. The van der Waals surface area contributed by atoms with Crippen molar-refractivity contribution in [2.45, 2.75) is 12.5 Å². The number of morpholine rings is 1. The fourth-order valence-electron chi connectivity index (χ4n) is 2.39. The van der Waals surface area contributed by atoms with Gasteiger partial charge in [-0.2, -0.15) is 0 Å². The van der Waals surface area contributed by atoms with Crippen molar-refractivity contribution in [3.63, 3.8) is 0 Å². The van der Waals surface area contributed by atoms with Gasteiger partial charge in [0.05, 0.1) is 25.9 Å². The molecule has 1 fully saturated rings. The fourth-order valence-corrected chi connectivity index (χ4v) is 3.31. The van der Waals surface area contributed by atoms with Crippen LogP contribution in [0.2, 0.25) is 0 Å². The number of rotatable bonds is 2. The molecule has 88 valence electrons. The minimum Gasteiger partial charge on any atom is -0.379 e. The maximum atomic E-state index is 5.89. The van der Waals surface area contributed by atoms with E-state index in [9.17, 15) is 0 Å². The molecule has 3 nitrogen and oxygen atoms in total. The summed E-state index contributed by atoms with van der Waals surface area (Å²) in [4.78, 5) is 3.96. The molecule has 0 N–H and O–H groups in total. The molecule has 1 aromatic rings. The van der Waals surface area contributed by atoms with E-state index in [-0.39, 0.29) is 6.10 Å². The van der Waals surface area contributed by atoms with E-state index in [0.29, 0.717) is 0 Å². The first-order valence-electron chi connectivity index (χ1n) is 5.91. The van der Waals surface area contributed by atoms with Crippen LogP contribution in [-0.2, 0) is 15.9 Å². The van der Waals surface area contributed by atoms with Crippen molar-refractivity contribution in [2.24, 2.45) is 0 Å². The summed E-state index contributed by atoms with van der Waals surface area (Å²) in [6.07, 6.45) is 1.38. The third-order valence-electron chi connectivity index (χ3n) is 3.30. The first-order chi connectivity index (χ1) is 7.93. The lowest BCUT2D eigenvalue weighted by Crippen LogP contribution is -2.40. The lowest BCUT2D eigenvalue weighted by molar-refractivity contribution is -0.0174. The Morgan fingerprint density at radius 2 is 2.19 bits per heavy atom. The molecule has 0 unspecified atom stereocenters. The third kappa shape index (κ3) is 2.15. The molecule has 0 spiro atoms. The van der Waals surface area contributed by atoms with Crippen LogP contribution in [0.1, 0.15) is 16.5 Å². The Bertz CT molecular complexity index is 347. The van der Waals surface area contributed by atoms with Crippen molar-refractivity contribution < 1.29 is 9.47 Å². The first kappa shape index (κ1) is 10.7. The predicted molar refractivity (Wildman–Crippen MR) is 64.0 cm³/mol. The summed E-state index contributed by atoms with van der Waals surface area (Å²) in [6, 6.07) is 2.23. The van der Waals surface area contributed by atoms with Crippen LogP contribution in [0.15, 0.2) is 11.4 Å². The zero-order valence-electron chi connectivity index (χ0n) is 9.35. The van der Waals surface area contributed by atoms with E-state index < -0.39 is 0 Å². The smallest absolute Gasteiger partial charge is 0.0962 e. The zero-order valence-corrected chi connectivity index (χ0v) is 10.2. The van der Waals surface area contributed by atoms with Crippen LogP contribution in [0.5, 0.6) is 0 Å². The molecule has 3 heterocycles. The second-order valence-corrected chi connectivity index (χ2v) is 5.32. The number of nitrogens with zero attached hydrogens (tertiary/aromatic N) is 1. The maximum Gasteiger partial charge on any atom is 0.0962 e. The van der Waals surface area contributed by atoms with E-state index in [1.807, 2.05) is 11.3 Å². The van der Waals surface area contributed by atoms with Crippen LogP contribution in [0.3, 0.4) is 0 Å². The molecule has 1 aromatic heterocycles. The van der Waals surface area contributed by atoms with Gasteiger partial charge in [-0.05, 0) is 17.0 Å². The molecule has 0 aliphatic carbocycles. The van der Waals surface area contributed by atoms with Gasteiger partial charge in [-0.15, -0.1) is 11.3 Å². The van der Waals surface area contributed by atoms with Crippen LogP contribution in [0.25, 0.3) is 0 Å². The van der Waals surface area contributed by atoms with Gasteiger partial charge in [0.25, 0.3) is 0 Å². The average molecular weight is 239 g/mol. The molecule has 0 saturated carbocycles. The lowest BCUT2D eigenvalue weighted by Gasteiger charge is -2.32. The van der Waals surface area contributed by atoms with Gasteiger partial charge in [-0.25, -0.2) is 0 Å². The molecule has 2 aliphatic rings. The summed E-state index contributed by atoms with van der Waals surface area (Å²) in [5, 5.41) is 2.19. The van der Waals surface area contributed by atoms with Crippen molar-refractivity contribution in [3.8, 4) is 0 Å². The molecule has 16 heavy (non-hydrogen) atoms. The monoisotopic (exact) mass is 239 g/mol. The lowest BCUT2D eigenvalue weighted by atomic mass is 10.1. The van der Waals surface area contributed by atoms with Crippen molar-refractivity contribution in [1.82, 2.24) is 4.90 Å². The Morgan fingerprint density at radius 1 is 1.31 bits per heavy atom. The number of ether oxygens (including phenoxy) is 2. The first-order valence-corrected chi connectivity index (χ1v) is 6.79. The predicted octanol–water partition coefficient (Wildman–Crippen LogP) is 1.69. The molecule has 2 aliphatic heterocycles. The highest BCUT2D eigenvalue weighted by molar-refractivity contribution is 7.10. The van der Waals surface area contributed by atoms with Gasteiger partial charge in [0.1, 0.15) is 0 Å². The maximum absolute atomic E-state index is 5.89. The van der Waals surface area contributed by atoms with Crippen LogP contribution in [0.4, 0.5) is 0 Å². The largest absolute Gasteiger partial charge is 0.379 e. The van der Waals surface area contributed by atoms with Gasteiger partial charge in [0, 0.05) is 30.9 Å². The summed E-state index contributed by atoms with van der Waals surface area (Å²) < 4.78 is 11.3. The Balaban J connectivity index is 1.67. The molecular formula is C12H17NO2S. The van der Waals surface area contributed by atoms with Crippen molar-refractivity contribution in [2.75, 3.05) is 39.5 Å². The average Bonchev–Trinajstić information content (AvgIpc) is 2.80. The number of fused-ring (bicyclic) bond motifs is 1. The standard InChI is InChI=1S/C12H17NO2S/c1-5-15-11(10-2-8-16-12(1)10)9-13-3-6-14-7-4-13/h2,8,11H,1,3-7,9H2/t11-/m0/s1. The minimum atomic E-state index is 0.285. The van der Waals surface area contributed by atoms with Gasteiger partial charge in [-0.1, -0.05) is 0 Å². The Kier molecular flexibility index (Phi) is 3.24. The summed E-state index contributed by atoms with van der Waals surface area (Å²) in [7, 11) is 0. The van der Waals surface area contributed by atoms with Crippen molar-refractivity contribution in [1.29, 1.82) is 0 Å². The molecule has 0 aromatic carbocycles. The molecule has 0 bridgehead atoms. The Hall–Kier alpha value is -0.420. The van der Waals surface area contributed by atoms with Gasteiger partial charge < -0.3 is 9.47 Å². The number of hydrogen-bond donors (Lipinski definition) is 0. The van der Waals surface area contributed by atoms with Crippen LogP contribution < -0.4 is 0 Å².